The minimum Gasteiger partial charge on any atom is -0.461 e. The van der Waals surface area contributed by atoms with Crippen molar-refractivity contribution in [3.05, 3.63) is 106 Å². The van der Waals surface area contributed by atoms with E-state index < -0.39 is 43.1 Å². The Hall–Kier alpha value is -6.84. The predicted octanol–water partition coefficient (Wildman–Crippen LogP) is 12.7. The number of benzene rings is 3. The fourth-order valence-corrected chi connectivity index (χ4v) is 7.54. The number of nitrogens with zero attached hydrogens (tertiary/aromatic N) is 6. The summed E-state index contributed by atoms with van der Waals surface area (Å²) in [6.45, 7) is 18.8. The fraction of sp³-hybridized carbons (Fsp3) is 0.492. The third-order valence-electron chi connectivity index (χ3n) is 12.1. The molecule has 3 aromatic carbocycles. The van der Waals surface area contributed by atoms with Crippen molar-refractivity contribution in [3.63, 3.8) is 0 Å². The Morgan fingerprint density at radius 3 is 0.817 bits per heavy atom. The molecule has 0 amide bonds. The van der Waals surface area contributed by atoms with Gasteiger partial charge < -0.3 is 28.9 Å². The Balaban J connectivity index is 1.87. The number of anilines is 3. The zero-order chi connectivity index (χ0) is 51.9. The molecule has 0 aliphatic carbocycles. The fourth-order valence-electron chi connectivity index (χ4n) is 7.54. The number of unbranched alkanes of at least 4 members (excludes halogenated alkanes) is 6. The second kappa shape index (κ2) is 32.9. The summed E-state index contributed by atoms with van der Waals surface area (Å²) < 4.78 is 17.1. The first-order valence-electron chi connectivity index (χ1n) is 25.8. The second-order valence-corrected chi connectivity index (χ2v) is 18.4. The number of ether oxygens (including phenoxy) is 3. The molecule has 0 bridgehead atoms. The van der Waals surface area contributed by atoms with Gasteiger partial charge in [-0.25, -0.2) is 14.4 Å². The van der Waals surface area contributed by atoms with Crippen LogP contribution in [-0.4, -0.2) is 77.0 Å². The molecule has 3 rings (SSSR count). The normalized spacial score (nSPS) is 11.7. The number of nitriles is 3. The summed E-state index contributed by atoms with van der Waals surface area (Å²) in [6, 6.07) is 28.8. The summed E-state index contributed by atoms with van der Waals surface area (Å²) in [5.74, 6) is -2.79. The zero-order valence-corrected chi connectivity index (χ0v) is 43.6. The lowest BCUT2D eigenvalue weighted by Gasteiger charge is -2.28. The molecule has 0 radical (unpaired) electrons. The van der Waals surface area contributed by atoms with E-state index >= 15 is 0 Å². The van der Waals surface area contributed by atoms with E-state index in [0.717, 1.165) is 133 Å². The molecule has 0 unspecified atom stereocenters. The number of hydrogen-bond acceptors (Lipinski definition) is 12. The molecule has 0 saturated heterocycles. The molecular formula is C59H78N6O6. The van der Waals surface area contributed by atoms with Gasteiger partial charge in [-0.1, -0.05) is 116 Å². The van der Waals surface area contributed by atoms with Crippen molar-refractivity contribution in [1.82, 2.24) is 0 Å². The Morgan fingerprint density at radius 1 is 0.423 bits per heavy atom. The lowest BCUT2D eigenvalue weighted by Crippen LogP contribution is -2.37. The topological polar surface area (TPSA) is 160 Å². The molecule has 0 atom stereocenters. The van der Waals surface area contributed by atoms with Crippen LogP contribution in [0.1, 0.15) is 142 Å². The van der Waals surface area contributed by atoms with Crippen molar-refractivity contribution in [2.45, 2.75) is 126 Å². The van der Waals surface area contributed by atoms with Gasteiger partial charge in [0.1, 0.15) is 54.7 Å². The van der Waals surface area contributed by atoms with Gasteiger partial charge in [0.25, 0.3) is 0 Å². The Labute approximate surface area is 425 Å². The molecule has 0 fully saturated rings. The van der Waals surface area contributed by atoms with E-state index in [4.69, 9.17) is 14.2 Å². The van der Waals surface area contributed by atoms with Crippen molar-refractivity contribution in [1.29, 1.82) is 15.8 Å². The number of carbonyl (C=O) groups excluding carboxylic acids is 3. The summed E-state index contributed by atoms with van der Waals surface area (Å²) in [5, 5.41) is 30.2. The Morgan fingerprint density at radius 2 is 0.634 bits per heavy atom. The van der Waals surface area contributed by atoms with Gasteiger partial charge in [0.2, 0.25) is 0 Å². The van der Waals surface area contributed by atoms with E-state index in [1.165, 1.54) is 18.2 Å². The quantitative estimate of drug-likeness (QED) is 0.0246. The summed E-state index contributed by atoms with van der Waals surface area (Å²) in [6.07, 6.45) is 17.2. The van der Waals surface area contributed by atoms with Crippen molar-refractivity contribution >= 4 is 53.2 Å². The first kappa shape index (κ1) is 58.5. The number of esters is 3. The molecule has 0 aliphatic rings. The van der Waals surface area contributed by atoms with E-state index in [0.29, 0.717) is 16.7 Å². The number of hydrogen-bond donors (Lipinski definition) is 0. The molecule has 0 N–H and O–H groups in total. The largest absolute Gasteiger partial charge is 0.461 e. The average Bonchev–Trinajstić information content (AvgIpc) is 3.39. The average molecular weight is 967 g/mol. The SMILES string of the molecule is CCCCN(CCCC)c1ccc(/C=C(\C#N)C(=O)OCC(C)(COC(=O)/C(C#N)=C/c2ccc(N(CCCC)CCCC)cc2)COC(=O)/C(C#N)=C/c2ccc(N(CCCC)CCCC)cc2)cc1. The first-order valence-corrected chi connectivity index (χ1v) is 25.8. The smallest absolute Gasteiger partial charge is 0.348 e. The third-order valence-corrected chi connectivity index (χ3v) is 12.1. The van der Waals surface area contributed by atoms with Gasteiger partial charge in [0.05, 0.1) is 5.41 Å². The monoisotopic (exact) mass is 967 g/mol. The van der Waals surface area contributed by atoms with Gasteiger partial charge in [-0.15, -0.1) is 0 Å². The van der Waals surface area contributed by atoms with Gasteiger partial charge in [0, 0.05) is 56.3 Å². The molecule has 12 heteroatoms. The molecule has 380 valence electrons. The summed E-state index contributed by atoms with van der Waals surface area (Å²) in [7, 11) is 0. The van der Waals surface area contributed by atoms with Crippen LogP contribution in [0.5, 0.6) is 0 Å². The van der Waals surface area contributed by atoms with E-state index in [1.807, 2.05) is 91.0 Å². The summed E-state index contributed by atoms with van der Waals surface area (Å²) in [4.78, 5) is 47.6. The van der Waals surface area contributed by atoms with E-state index in [2.05, 4.69) is 56.2 Å². The van der Waals surface area contributed by atoms with Gasteiger partial charge in [0.15, 0.2) is 0 Å². The Kier molecular flexibility index (Phi) is 27.1. The van der Waals surface area contributed by atoms with Crippen LogP contribution in [0.25, 0.3) is 18.2 Å². The van der Waals surface area contributed by atoms with Gasteiger partial charge in [-0.2, -0.15) is 15.8 Å². The minimum absolute atomic E-state index is 0.262. The maximum absolute atomic E-state index is 13.5. The van der Waals surface area contributed by atoms with Crippen molar-refractivity contribution in [2.24, 2.45) is 5.41 Å². The van der Waals surface area contributed by atoms with E-state index in [9.17, 15) is 30.2 Å². The van der Waals surface area contributed by atoms with Gasteiger partial charge >= 0.3 is 17.9 Å². The summed E-state index contributed by atoms with van der Waals surface area (Å²) >= 11 is 0. The highest BCUT2D eigenvalue weighted by molar-refractivity contribution is 5.99. The molecule has 3 aromatic rings. The predicted molar refractivity (Wildman–Crippen MR) is 287 cm³/mol. The van der Waals surface area contributed by atoms with E-state index in [1.54, 1.807) is 6.92 Å². The number of rotatable bonds is 33. The lowest BCUT2D eigenvalue weighted by atomic mass is 9.94. The second-order valence-electron chi connectivity index (χ2n) is 18.4. The highest BCUT2D eigenvalue weighted by atomic mass is 16.6. The van der Waals surface area contributed by atoms with Crippen LogP contribution in [0.15, 0.2) is 89.5 Å². The van der Waals surface area contributed by atoms with Gasteiger partial charge in [-0.05, 0) is 117 Å². The van der Waals surface area contributed by atoms with Crippen LogP contribution in [0.3, 0.4) is 0 Å². The van der Waals surface area contributed by atoms with Crippen LogP contribution in [0.2, 0.25) is 0 Å². The van der Waals surface area contributed by atoms with Crippen molar-refractivity contribution < 1.29 is 28.6 Å². The van der Waals surface area contributed by atoms with E-state index in [-0.39, 0.29) is 16.7 Å². The molecular weight excluding hydrogens is 889 g/mol. The van der Waals surface area contributed by atoms with Crippen LogP contribution in [0, 0.1) is 39.4 Å². The molecule has 0 saturated carbocycles. The highest BCUT2D eigenvalue weighted by Crippen LogP contribution is 2.25. The van der Waals surface area contributed by atoms with Crippen molar-refractivity contribution in [2.75, 3.05) is 73.8 Å². The lowest BCUT2D eigenvalue weighted by molar-refractivity contribution is -0.155. The summed E-state index contributed by atoms with van der Waals surface area (Å²) in [5.41, 5.74) is 2.90. The highest BCUT2D eigenvalue weighted by Gasteiger charge is 2.32. The zero-order valence-electron chi connectivity index (χ0n) is 43.6. The molecule has 0 aromatic heterocycles. The van der Waals surface area contributed by atoms with Gasteiger partial charge in [-0.3, -0.25) is 0 Å². The molecule has 12 nitrogen and oxygen atoms in total. The molecule has 71 heavy (non-hydrogen) atoms. The first-order chi connectivity index (χ1) is 34.4. The van der Waals surface area contributed by atoms with Crippen LogP contribution >= 0.6 is 0 Å². The van der Waals surface area contributed by atoms with Crippen molar-refractivity contribution in [3.8, 4) is 18.2 Å². The standard InChI is InChI=1S/C59H78N6O6/c1-8-14-32-63(33-15-9-2)53-26-20-47(21-27-53)38-50(41-60)56(66)69-44-59(7,45-70-57(67)51(42-61)39-48-22-28-54(29-23-48)64(34-16-10-3)35-17-11-4)46-71-58(68)52(43-62)40-49-24-30-55(31-25-49)65(36-18-12-5)37-19-13-6/h20-31,38-40H,8-19,32-37,44-46H2,1-7H3/b50-38+,51-39+,52-40+. The molecule has 0 aliphatic heterocycles. The third kappa shape index (κ3) is 20.6. The van der Waals surface area contributed by atoms with Crippen LogP contribution in [-0.2, 0) is 28.6 Å². The van der Waals surface area contributed by atoms with Crippen LogP contribution in [0.4, 0.5) is 17.1 Å². The maximum Gasteiger partial charge on any atom is 0.348 e. The maximum atomic E-state index is 13.5. The molecule has 0 heterocycles. The minimum atomic E-state index is -1.38. The van der Waals surface area contributed by atoms with Crippen LogP contribution < -0.4 is 14.7 Å². The number of carbonyl (C=O) groups is 3. The molecule has 0 spiro atoms. The Bertz CT molecular complexity index is 2030.